The van der Waals surface area contributed by atoms with E-state index in [1.165, 1.54) is 24.3 Å². The monoisotopic (exact) mass is 304 g/mol. The number of ketones is 1. The van der Waals surface area contributed by atoms with Gasteiger partial charge in [-0.2, -0.15) is 0 Å². The minimum Gasteiger partial charge on any atom is -0.314 e. The molecule has 0 spiro atoms. The van der Waals surface area contributed by atoms with E-state index in [2.05, 4.69) is 15.2 Å². The fourth-order valence-corrected chi connectivity index (χ4v) is 2.26. The highest BCUT2D eigenvalue weighted by molar-refractivity contribution is 6.03. The number of nitro benzene ring substituents is 1. The minimum absolute atomic E-state index is 0.0127. The maximum atomic E-state index is 11.9. The molecule has 1 aliphatic rings. The highest BCUT2D eigenvalue weighted by Crippen LogP contribution is 2.12. The number of benzene rings is 1. The van der Waals surface area contributed by atoms with Crippen LogP contribution in [-0.4, -0.2) is 61.1 Å². The van der Waals surface area contributed by atoms with Crippen molar-refractivity contribution in [3.05, 3.63) is 39.9 Å². The molecule has 0 aliphatic carbocycles. The summed E-state index contributed by atoms with van der Waals surface area (Å²) in [6, 6.07) is 5.65. The van der Waals surface area contributed by atoms with Gasteiger partial charge in [0.05, 0.1) is 11.5 Å². The second-order valence-corrected chi connectivity index (χ2v) is 5.11. The summed E-state index contributed by atoms with van der Waals surface area (Å²) < 4.78 is 0. The zero-order valence-electron chi connectivity index (χ0n) is 12.4. The normalized spacial score (nSPS) is 16.0. The first-order chi connectivity index (χ1) is 10.7. The fourth-order valence-electron chi connectivity index (χ4n) is 2.26. The summed E-state index contributed by atoms with van der Waals surface area (Å²) in [6.07, 6.45) is 1.85. The molecule has 118 valence electrons. The maximum Gasteiger partial charge on any atom is 0.269 e. The third kappa shape index (κ3) is 5.01. The molecule has 0 saturated carbocycles. The fraction of sp³-hybridized carbons (Fsp3) is 0.467. The molecule has 1 aromatic carbocycles. The number of non-ortho nitro benzene ring substituents is 1. The lowest BCUT2D eigenvalue weighted by Gasteiger charge is -2.26. The van der Waals surface area contributed by atoms with Gasteiger partial charge in [0.25, 0.3) is 5.69 Å². The molecule has 1 N–H and O–H groups in total. The second kappa shape index (κ2) is 8.35. The van der Waals surface area contributed by atoms with Crippen LogP contribution >= 0.6 is 0 Å². The Hall–Kier alpha value is -2.12. The van der Waals surface area contributed by atoms with Crippen LogP contribution in [-0.2, 0) is 0 Å². The Morgan fingerprint density at radius 1 is 1.32 bits per heavy atom. The van der Waals surface area contributed by atoms with Crippen LogP contribution in [0, 0.1) is 10.1 Å². The molecule has 22 heavy (non-hydrogen) atoms. The molecule has 7 nitrogen and oxygen atoms in total. The summed E-state index contributed by atoms with van der Waals surface area (Å²) in [5.74, 6) is -0.0826. The highest BCUT2D eigenvalue weighted by atomic mass is 16.6. The van der Waals surface area contributed by atoms with E-state index in [9.17, 15) is 14.9 Å². The van der Waals surface area contributed by atoms with Crippen molar-refractivity contribution in [3.8, 4) is 0 Å². The first-order valence-electron chi connectivity index (χ1n) is 7.36. The van der Waals surface area contributed by atoms with Crippen molar-refractivity contribution < 1.29 is 9.72 Å². The smallest absolute Gasteiger partial charge is 0.269 e. The Bertz CT molecular complexity index is 536. The first-order valence-corrected chi connectivity index (χ1v) is 7.36. The van der Waals surface area contributed by atoms with Crippen molar-refractivity contribution in [1.82, 2.24) is 10.2 Å². The van der Waals surface area contributed by atoms with E-state index in [4.69, 9.17) is 0 Å². The average molecular weight is 304 g/mol. The van der Waals surface area contributed by atoms with E-state index in [0.29, 0.717) is 12.1 Å². The summed E-state index contributed by atoms with van der Waals surface area (Å²) >= 11 is 0. The van der Waals surface area contributed by atoms with Crippen LogP contribution in [0.25, 0.3) is 0 Å². The zero-order chi connectivity index (χ0) is 15.8. The van der Waals surface area contributed by atoms with Crippen molar-refractivity contribution >= 4 is 17.7 Å². The molecule has 0 radical (unpaired) electrons. The van der Waals surface area contributed by atoms with E-state index >= 15 is 0 Å². The molecule has 0 aromatic heterocycles. The molecule has 1 saturated heterocycles. The van der Waals surface area contributed by atoms with Crippen molar-refractivity contribution in [2.24, 2.45) is 4.99 Å². The van der Waals surface area contributed by atoms with Gasteiger partial charge in [0.1, 0.15) is 0 Å². The number of carbonyl (C=O) groups excluding carboxylic acids is 1. The quantitative estimate of drug-likeness (QED) is 0.353. The molecule has 1 heterocycles. The molecule has 0 atom stereocenters. The summed E-state index contributed by atoms with van der Waals surface area (Å²) in [6.45, 7) is 5.70. The molecule has 1 aromatic rings. The highest BCUT2D eigenvalue weighted by Gasteiger charge is 2.09. The largest absolute Gasteiger partial charge is 0.314 e. The number of rotatable bonds is 7. The van der Waals surface area contributed by atoms with E-state index in [0.717, 1.165) is 32.7 Å². The van der Waals surface area contributed by atoms with Crippen molar-refractivity contribution in [1.29, 1.82) is 0 Å². The van der Waals surface area contributed by atoms with Crippen LogP contribution in [0.15, 0.2) is 29.3 Å². The predicted octanol–water partition coefficient (Wildman–Crippen LogP) is 1.14. The summed E-state index contributed by atoms with van der Waals surface area (Å²) in [7, 11) is 0. The SMILES string of the molecule is O=C(CC=NCCN1CCNCC1)c1ccc([N+](=O)[O-])cc1. The van der Waals surface area contributed by atoms with Gasteiger partial charge < -0.3 is 5.32 Å². The van der Waals surface area contributed by atoms with Gasteiger partial charge in [-0.25, -0.2) is 0 Å². The van der Waals surface area contributed by atoms with Crippen LogP contribution in [0.2, 0.25) is 0 Å². The lowest BCUT2D eigenvalue weighted by atomic mass is 10.1. The summed E-state index contributed by atoms with van der Waals surface area (Å²) in [4.78, 5) is 28.6. The second-order valence-electron chi connectivity index (χ2n) is 5.11. The van der Waals surface area contributed by atoms with E-state index in [1.807, 2.05) is 0 Å². The third-order valence-corrected chi connectivity index (χ3v) is 3.56. The molecular weight excluding hydrogens is 284 g/mol. The predicted molar refractivity (Wildman–Crippen MR) is 84.7 cm³/mol. The number of carbonyl (C=O) groups is 1. The number of nitrogens with zero attached hydrogens (tertiary/aromatic N) is 3. The topological polar surface area (TPSA) is 87.8 Å². The van der Waals surface area contributed by atoms with Crippen LogP contribution in [0.4, 0.5) is 5.69 Å². The van der Waals surface area contributed by atoms with Crippen molar-refractivity contribution in [3.63, 3.8) is 0 Å². The lowest BCUT2D eigenvalue weighted by molar-refractivity contribution is -0.384. The van der Waals surface area contributed by atoms with Crippen molar-refractivity contribution in [2.75, 3.05) is 39.3 Å². The molecule has 0 amide bonds. The van der Waals surface area contributed by atoms with Gasteiger partial charge in [0.2, 0.25) is 0 Å². The van der Waals surface area contributed by atoms with E-state index in [1.54, 1.807) is 6.21 Å². The molecular formula is C15H20N4O3. The van der Waals surface area contributed by atoms with Gasteiger partial charge in [-0.1, -0.05) is 0 Å². The molecule has 1 fully saturated rings. The van der Waals surface area contributed by atoms with Crippen LogP contribution in [0.3, 0.4) is 0 Å². The van der Waals surface area contributed by atoms with Gasteiger partial charge in [-0.3, -0.25) is 24.8 Å². The van der Waals surface area contributed by atoms with Crippen LogP contribution < -0.4 is 5.32 Å². The molecule has 0 bridgehead atoms. The van der Waals surface area contributed by atoms with Gasteiger partial charge in [0.15, 0.2) is 5.78 Å². The molecule has 2 rings (SSSR count). The maximum absolute atomic E-state index is 11.9. The summed E-state index contributed by atoms with van der Waals surface area (Å²) in [5, 5.41) is 13.8. The van der Waals surface area contributed by atoms with Gasteiger partial charge in [-0.05, 0) is 12.1 Å². The first kappa shape index (κ1) is 16.3. The van der Waals surface area contributed by atoms with Crippen molar-refractivity contribution in [2.45, 2.75) is 6.42 Å². The van der Waals surface area contributed by atoms with Crippen LogP contribution in [0.1, 0.15) is 16.8 Å². The van der Waals surface area contributed by atoms with Gasteiger partial charge >= 0.3 is 0 Å². The van der Waals surface area contributed by atoms with Gasteiger partial charge in [-0.15, -0.1) is 0 Å². The Balaban J connectivity index is 1.72. The average Bonchev–Trinajstić information content (AvgIpc) is 2.55. The number of piperazine rings is 1. The summed E-state index contributed by atoms with van der Waals surface area (Å²) in [5.41, 5.74) is 0.459. The van der Waals surface area contributed by atoms with Crippen LogP contribution in [0.5, 0.6) is 0 Å². The number of Topliss-reactive ketones (excluding diaryl/α,β-unsaturated/α-hetero) is 1. The van der Waals surface area contributed by atoms with E-state index < -0.39 is 4.92 Å². The standard InChI is InChI=1S/C15H20N4O3/c20-15(13-1-3-14(4-2-13)19(21)22)5-6-16-7-10-18-11-8-17-9-12-18/h1-4,6,17H,5,7-12H2. The molecule has 7 heteroatoms. The number of aliphatic imine (C=N–C) groups is 1. The molecule has 0 unspecified atom stereocenters. The Kier molecular flexibility index (Phi) is 6.17. The Morgan fingerprint density at radius 2 is 2.00 bits per heavy atom. The zero-order valence-corrected chi connectivity index (χ0v) is 12.4. The number of hydrogen-bond acceptors (Lipinski definition) is 6. The molecule has 1 aliphatic heterocycles. The lowest BCUT2D eigenvalue weighted by Crippen LogP contribution is -2.44. The third-order valence-electron chi connectivity index (χ3n) is 3.56. The number of nitrogens with one attached hydrogen (secondary N) is 1. The van der Waals surface area contributed by atoms with E-state index in [-0.39, 0.29) is 17.9 Å². The Labute approximate surface area is 129 Å². The number of hydrogen-bond donors (Lipinski definition) is 1. The Morgan fingerprint density at radius 3 is 2.64 bits per heavy atom. The number of nitro groups is 1. The minimum atomic E-state index is -0.480. The van der Waals surface area contributed by atoms with Gasteiger partial charge in [0, 0.05) is 63.1 Å².